The lowest BCUT2D eigenvalue weighted by Gasteiger charge is -2.59. The fourth-order valence-corrected chi connectivity index (χ4v) is 7.48. The van der Waals surface area contributed by atoms with E-state index in [-0.39, 0.29) is 23.6 Å². The molecule has 0 radical (unpaired) electrons. The van der Waals surface area contributed by atoms with Gasteiger partial charge < -0.3 is 15.5 Å². The molecule has 3 aliphatic carbocycles. The number of hydrogen-bond donors (Lipinski definition) is 3. The molecular weight excluding hydrogens is 471 g/mol. The molecule has 5 nitrogen and oxygen atoms in total. The standard InChI is InChI=1S/C27H30Cl2N2O3/c28-20-5-3-18(23(29)10-20)14-30-25(33)19-12-26-7-8-31(15-16-1-2-16)24(27(26,34)13-19)9-17-4-6-21(32)11-22(17)26/h3-6,10-11,16,19,24,32,34H,1-2,7-9,12-15H2,(H,30,33)/t19-,24+,26+,27+/m0/s1. The molecule has 180 valence electrons. The Morgan fingerprint density at radius 2 is 1.97 bits per heavy atom. The smallest absolute Gasteiger partial charge is 0.223 e. The van der Waals surface area contributed by atoms with Gasteiger partial charge in [0.2, 0.25) is 5.91 Å². The highest BCUT2D eigenvalue weighted by atomic mass is 35.5. The summed E-state index contributed by atoms with van der Waals surface area (Å²) < 4.78 is 0. The lowest BCUT2D eigenvalue weighted by atomic mass is 9.56. The first-order valence-corrected chi connectivity index (χ1v) is 13.1. The number of benzene rings is 2. The molecule has 4 aliphatic rings. The highest BCUT2D eigenvalue weighted by Crippen LogP contribution is 2.62. The van der Waals surface area contributed by atoms with Crippen molar-refractivity contribution < 1.29 is 15.0 Å². The number of carbonyl (C=O) groups excluding carboxylic acids is 1. The zero-order valence-corrected chi connectivity index (χ0v) is 20.6. The number of phenolic OH excluding ortho intramolecular Hbond substituents is 1. The van der Waals surface area contributed by atoms with Gasteiger partial charge in [-0.05, 0) is 91.9 Å². The average molecular weight is 501 g/mol. The van der Waals surface area contributed by atoms with E-state index in [1.165, 1.54) is 18.4 Å². The highest BCUT2D eigenvalue weighted by Gasteiger charge is 2.68. The third-order valence-electron chi connectivity index (χ3n) is 8.85. The summed E-state index contributed by atoms with van der Waals surface area (Å²) in [6.45, 7) is 2.28. The number of rotatable bonds is 5. The predicted molar refractivity (Wildman–Crippen MR) is 132 cm³/mol. The third-order valence-corrected chi connectivity index (χ3v) is 9.44. The van der Waals surface area contributed by atoms with E-state index in [4.69, 9.17) is 23.2 Å². The monoisotopic (exact) mass is 500 g/mol. The molecular formula is C27H30Cl2N2O3. The number of hydrogen-bond acceptors (Lipinski definition) is 4. The third kappa shape index (κ3) is 3.55. The van der Waals surface area contributed by atoms with E-state index < -0.39 is 11.0 Å². The van der Waals surface area contributed by atoms with Gasteiger partial charge in [0.15, 0.2) is 0 Å². The number of fused-ring (bicyclic) bond motifs is 1. The number of nitrogens with zero attached hydrogens (tertiary/aromatic N) is 1. The van der Waals surface area contributed by atoms with Crippen molar-refractivity contribution in [3.05, 3.63) is 63.1 Å². The lowest BCUT2D eigenvalue weighted by Crippen LogP contribution is -2.69. The summed E-state index contributed by atoms with van der Waals surface area (Å²) >= 11 is 12.3. The van der Waals surface area contributed by atoms with E-state index >= 15 is 0 Å². The van der Waals surface area contributed by atoms with Crippen LogP contribution in [0.3, 0.4) is 0 Å². The molecule has 34 heavy (non-hydrogen) atoms. The highest BCUT2D eigenvalue weighted by molar-refractivity contribution is 6.35. The van der Waals surface area contributed by atoms with Crippen molar-refractivity contribution in [2.45, 2.75) is 62.1 Å². The fourth-order valence-electron chi connectivity index (χ4n) is 7.01. The summed E-state index contributed by atoms with van der Waals surface area (Å²) in [7, 11) is 0. The van der Waals surface area contributed by atoms with Gasteiger partial charge in [-0.15, -0.1) is 0 Å². The van der Waals surface area contributed by atoms with Crippen molar-refractivity contribution in [1.82, 2.24) is 10.2 Å². The second-order valence-electron chi connectivity index (χ2n) is 10.8. The number of likely N-dealkylation sites (tertiary alicyclic amines) is 1. The van der Waals surface area contributed by atoms with Crippen LogP contribution >= 0.6 is 23.2 Å². The van der Waals surface area contributed by atoms with Crippen LogP contribution in [0.15, 0.2) is 36.4 Å². The molecule has 1 amide bonds. The van der Waals surface area contributed by atoms with Crippen molar-refractivity contribution in [2.24, 2.45) is 11.8 Å². The molecule has 7 heteroatoms. The van der Waals surface area contributed by atoms with Gasteiger partial charge in [-0.3, -0.25) is 9.69 Å². The summed E-state index contributed by atoms with van der Waals surface area (Å²) in [5, 5.41) is 26.8. The number of amides is 1. The summed E-state index contributed by atoms with van der Waals surface area (Å²) in [5.74, 6) is 0.610. The topological polar surface area (TPSA) is 72.8 Å². The number of aromatic hydroxyl groups is 1. The van der Waals surface area contributed by atoms with Crippen LogP contribution in [-0.4, -0.2) is 45.8 Å². The number of piperidine rings is 1. The summed E-state index contributed by atoms with van der Waals surface area (Å²) in [6.07, 6.45) is 5.14. The van der Waals surface area contributed by atoms with Crippen molar-refractivity contribution >= 4 is 29.1 Å². The predicted octanol–water partition coefficient (Wildman–Crippen LogP) is 4.43. The van der Waals surface area contributed by atoms with E-state index in [0.29, 0.717) is 29.4 Å². The molecule has 2 aromatic carbocycles. The van der Waals surface area contributed by atoms with Crippen LogP contribution in [-0.2, 0) is 23.2 Å². The van der Waals surface area contributed by atoms with Crippen LogP contribution in [0.25, 0.3) is 0 Å². The van der Waals surface area contributed by atoms with E-state index in [2.05, 4.69) is 10.2 Å². The van der Waals surface area contributed by atoms with Gasteiger partial charge in [0, 0.05) is 40.5 Å². The molecule has 0 spiro atoms. The summed E-state index contributed by atoms with van der Waals surface area (Å²) in [6, 6.07) is 10.9. The van der Waals surface area contributed by atoms with Crippen molar-refractivity contribution in [1.29, 1.82) is 0 Å². The van der Waals surface area contributed by atoms with Crippen molar-refractivity contribution in [3.8, 4) is 5.75 Å². The Morgan fingerprint density at radius 1 is 1.15 bits per heavy atom. The first-order valence-electron chi connectivity index (χ1n) is 12.3. The van der Waals surface area contributed by atoms with Gasteiger partial charge in [0.05, 0.1) is 5.60 Å². The first kappa shape index (κ1) is 22.7. The number of phenols is 1. The maximum atomic E-state index is 13.4. The van der Waals surface area contributed by atoms with Gasteiger partial charge in [-0.1, -0.05) is 35.3 Å². The molecule has 0 unspecified atom stereocenters. The fraction of sp³-hybridized carbons (Fsp3) is 0.519. The molecule has 1 saturated heterocycles. The SMILES string of the molecule is O=C(NCc1ccc(Cl)cc1Cl)[C@H]1C[C@]23CCN(CC4CC4)[C@H](Cc4ccc(O)cc42)[C@]3(O)C1. The van der Waals surface area contributed by atoms with E-state index in [1.54, 1.807) is 18.2 Å². The Kier molecular flexibility index (Phi) is 5.41. The van der Waals surface area contributed by atoms with Gasteiger partial charge in [-0.25, -0.2) is 0 Å². The molecule has 1 heterocycles. The molecule has 2 saturated carbocycles. The van der Waals surface area contributed by atoms with Crippen LogP contribution in [0.2, 0.25) is 10.0 Å². The van der Waals surface area contributed by atoms with E-state index in [1.807, 2.05) is 18.2 Å². The Morgan fingerprint density at radius 3 is 2.74 bits per heavy atom. The number of carbonyl (C=O) groups is 1. The van der Waals surface area contributed by atoms with Gasteiger partial charge in [0.1, 0.15) is 5.75 Å². The molecule has 3 fully saturated rings. The molecule has 0 aromatic heterocycles. The molecule has 2 aromatic rings. The van der Waals surface area contributed by atoms with Crippen LogP contribution in [0.4, 0.5) is 0 Å². The number of nitrogens with one attached hydrogen (secondary N) is 1. The van der Waals surface area contributed by atoms with Crippen LogP contribution in [0, 0.1) is 11.8 Å². The Balaban J connectivity index is 1.29. The largest absolute Gasteiger partial charge is 0.508 e. The van der Waals surface area contributed by atoms with Gasteiger partial charge in [-0.2, -0.15) is 0 Å². The molecule has 2 bridgehead atoms. The quantitative estimate of drug-likeness (QED) is 0.567. The zero-order chi connectivity index (χ0) is 23.7. The molecule has 3 N–H and O–H groups in total. The Labute approximate surface area is 210 Å². The minimum absolute atomic E-state index is 0.00222. The number of aliphatic hydroxyl groups is 1. The molecule has 1 aliphatic heterocycles. The normalized spacial score (nSPS) is 32.2. The van der Waals surface area contributed by atoms with E-state index in [0.717, 1.165) is 43.0 Å². The summed E-state index contributed by atoms with van der Waals surface area (Å²) in [4.78, 5) is 15.8. The minimum Gasteiger partial charge on any atom is -0.508 e. The second kappa shape index (κ2) is 8.12. The summed E-state index contributed by atoms with van der Waals surface area (Å²) in [5.41, 5.74) is 1.55. The Hall–Kier alpha value is -1.79. The van der Waals surface area contributed by atoms with Gasteiger partial charge >= 0.3 is 0 Å². The van der Waals surface area contributed by atoms with Crippen molar-refractivity contribution in [3.63, 3.8) is 0 Å². The average Bonchev–Trinajstić information content (AvgIpc) is 3.54. The molecule has 6 rings (SSSR count). The van der Waals surface area contributed by atoms with Gasteiger partial charge in [0.25, 0.3) is 0 Å². The minimum atomic E-state index is -0.985. The van der Waals surface area contributed by atoms with Crippen molar-refractivity contribution in [2.75, 3.05) is 13.1 Å². The second-order valence-corrected chi connectivity index (χ2v) is 11.7. The lowest BCUT2D eigenvalue weighted by molar-refractivity contribution is -0.134. The van der Waals surface area contributed by atoms with Crippen LogP contribution in [0.1, 0.15) is 48.8 Å². The van der Waals surface area contributed by atoms with Crippen LogP contribution < -0.4 is 5.32 Å². The number of halogens is 2. The van der Waals surface area contributed by atoms with E-state index in [9.17, 15) is 15.0 Å². The first-order chi connectivity index (χ1) is 16.3. The Bertz CT molecular complexity index is 1150. The molecule has 4 atom stereocenters. The maximum absolute atomic E-state index is 13.4. The zero-order valence-electron chi connectivity index (χ0n) is 19.1. The maximum Gasteiger partial charge on any atom is 0.223 e. The van der Waals surface area contributed by atoms with Crippen LogP contribution in [0.5, 0.6) is 5.75 Å².